The first-order chi connectivity index (χ1) is 9.63. The molecular formula is C15H11FN2OS. The van der Waals surface area contributed by atoms with E-state index in [-0.39, 0.29) is 11.6 Å². The van der Waals surface area contributed by atoms with Gasteiger partial charge in [-0.2, -0.15) is 0 Å². The van der Waals surface area contributed by atoms with E-state index < -0.39 is 5.82 Å². The highest BCUT2D eigenvalue weighted by Gasteiger charge is 2.11. The molecule has 1 amide bonds. The van der Waals surface area contributed by atoms with Crippen LogP contribution < -0.4 is 11.1 Å². The molecule has 5 heteroatoms. The quantitative estimate of drug-likeness (QED) is 0.702. The van der Waals surface area contributed by atoms with E-state index in [1.807, 2.05) is 30.3 Å². The predicted octanol–water partition coefficient (Wildman–Crippen LogP) is 3.87. The summed E-state index contributed by atoms with van der Waals surface area (Å²) in [5, 5.41) is 3.72. The van der Waals surface area contributed by atoms with Crippen LogP contribution in [0.4, 0.5) is 15.8 Å². The topological polar surface area (TPSA) is 55.1 Å². The van der Waals surface area contributed by atoms with Crippen molar-refractivity contribution in [2.45, 2.75) is 0 Å². The van der Waals surface area contributed by atoms with Gasteiger partial charge in [0.25, 0.3) is 5.91 Å². The average molecular weight is 286 g/mol. The Morgan fingerprint density at radius 1 is 1.15 bits per heavy atom. The summed E-state index contributed by atoms with van der Waals surface area (Å²) in [4.78, 5) is 12.8. The molecule has 20 heavy (non-hydrogen) atoms. The SMILES string of the molecule is Nc1cc(F)ccc1NC(=O)c1cc2ccccc2s1. The second-order valence-corrected chi connectivity index (χ2v) is 5.42. The van der Waals surface area contributed by atoms with E-state index in [1.165, 1.54) is 29.5 Å². The molecule has 0 atom stereocenters. The maximum absolute atomic E-state index is 13.0. The third-order valence-corrected chi connectivity index (χ3v) is 4.03. The molecule has 0 radical (unpaired) electrons. The Bertz CT molecular complexity index is 764. The number of hydrogen-bond donors (Lipinski definition) is 2. The van der Waals surface area contributed by atoms with Gasteiger partial charge in [0, 0.05) is 4.70 Å². The van der Waals surface area contributed by atoms with E-state index >= 15 is 0 Å². The number of fused-ring (bicyclic) bond motifs is 1. The number of anilines is 2. The normalized spacial score (nSPS) is 10.7. The summed E-state index contributed by atoms with van der Waals surface area (Å²) in [7, 11) is 0. The number of hydrogen-bond acceptors (Lipinski definition) is 3. The third kappa shape index (κ3) is 2.35. The van der Waals surface area contributed by atoms with Crippen LogP contribution in [0.3, 0.4) is 0 Å². The van der Waals surface area contributed by atoms with Crippen LogP contribution >= 0.6 is 11.3 Å². The highest BCUT2D eigenvalue weighted by Crippen LogP contribution is 2.27. The highest BCUT2D eigenvalue weighted by atomic mass is 32.1. The van der Waals surface area contributed by atoms with Gasteiger partial charge >= 0.3 is 0 Å². The maximum atomic E-state index is 13.0. The molecule has 0 fully saturated rings. The lowest BCUT2D eigenvalue weighted by Crippen LogP contribution is -2.11. The zero-order valence-electron chi connectivity index (χ0n) is 10.4. The van der Waals surface area contributed by atoms with Crippen LogP contribution in [0.2, 0.25) is 0 Å². The molecule has 0 aliphatic rings. The summed E-state index contributed by atoms with van der Waals surface area (Å²) < 4.78 is 14.0. The van der Waals surface area contributed by atoms with Crippen LogP contribution in [-0.2, 0) is 0 Å². The summed E-state index contributed by atoms with van der Waals surface area (Å²) in [5.74, 6) is -0.674. The van der Waals surface area contributed by atoms with Gasteiger partial charge in [-0.25, -0.2) is 4.39 Å². The average Bonchev–Trinajstić information content (AvgIpc) is 2.86. The Kier molecular flexibility index (Phi) is 3.12. The van der Waals surface area contributed by atoms with Crippen LogP contribution in [-0.4, -0.2) is 5.91 Å². The fourth-order valence-corrected chi connectivity index (χ4v) is 2.88. The molecule has 3 N–H and O–H groups in total. The van der Waals surface area contributed by atoms with Crippen molar-refractivity contribution in [3.05, 3.63) is 59.2 Å². The standard InChI is InChI=1S/C15H11FN2OS/c16-10-5-6-12(11(17)8-10)18-15(19)14-7-9-3-1-2-4-13(9)20-14/h1-8H,17H2,(H,18,19). The maximum Gasteiger partial charge on any atom is 0.265 e. The second-order valence-electron chi connectivity index (χ2n) is 4.33. The van der Waals surface area contributed by atoms with Crippen molar-refractivity contribution in [1.82, 2.24) is 0 Å². The van der Waals surface area contributed by atoms with Crippen LogP contribution in [0.5, 0.6) is 0 Å². The van der Waals surface area contributed by atoms with E-state index in [4.69, 9.17) is 5.73 Å². The van der Waals surface area contributed by atoms with Gasteiger partial charge in [0.1, 0.15) is 5.82 Å². The lowest BCUT2D eigenvalue weighted by molar-refractivity contribution is 0.103. The number of benzene rings is 2. The molecule has 100 valence electrons. The number of nitrogens with two attached hydrogens (primary N) is 1. The summed E-state index contributed by atoms with van der Waals surface area (Å²) in [5.41, 5.74) is 6.29. The lowest BCUT2D eigenvalue weighted by Gasteiger charge is -2.06. The van der Waals surface area contributed by atoms with Crippen LogP contribution in [0.15, 0.2) is 48.5 Å². The van der Waals surface area contributed by atoms with Crippen molar-refractivity contribution >= 4 is 38.7 Å². The number of amides is 1. The summed E-state index contributed by atoms with van der Waals surface area (Å²) >= 11 is 1.41. The zero-order chi connectivity index (χ0) is 14.1. The smallest absolute Gasteiger partial charge is 0.265 e. The first kappa shape index (κ1) is 12.6. The van der Waals surface area contributed by atoms with Gasteiger partial charge < -0.3 is 11.1 Å². The third-order valence-electron chi connectivity index (χ3n) is 2.91. The van der Waals surface area contributed by atoms with Gasteiger partial charge in [0.05, 0.1) is 16.3 Å². The number of nitrogens with one attached hydrogen (secondary N) is 1. The van der Waals surface area contributed by atoms with Crippen molar-refractivity contribution in [3.63, 3.8) is 0 Å². The Balaban J connectivity index is 1.89. The first-order valence-electron chi connectivity index (χ1n) is 5.98. The fraction of sp³-hybridized carbons (Fsp3) is 0. The van der Waals surface area contributed by atoms with Crippen molar-refractivity contribution in [2.75, 3.05) is 11.1 Å². The minimum Gasteiger partial charge on any atom is -0.397 e. The number of rotatable bonds is 2. The number of carbonyl (C=O) groups is 1. The van der Waals surface area contributed by atoms with Gasteiger partial charge in [-0.3, -0.25) is 4.79 Å². The molecule has 1 heterocycles. The van der Waals surface area contributed by atoms with Crippen LogP contribution in [0.1, 0.15) is 9.67 Å². The molecule has 1 aromatic heterocycles. The molecule has 0 saturated carbocycles. The minimum absolute atomic E-state index is 0.208. The van der Waals surface area contributed by atoms with Gasteiger partial charge in [-0.1, -0.05) is 18.2 Å². The highest BCUT2D eigenvalue weighted by molar-refractivity contribution is 7.20. The van der Waals surface area contributed by atoms with E-state index in [0.29, 0.717) is 10.6 Å². The molecule has 0 saturated heterocycles. The number of halogens is 1. The van der Waals surface area contributed by atoms with Gasteiger partial charge in [0.15, 0.2) is 0 Å². The second kappa shape index (κ2) is 4.94. The van der Waals surface area contributed by atoms with E-state index in [2.05, 4.69) is 5.32 Å². The van der Waals surface area contributed by atoms with Gasteiger partial charge in [-0.15, -0.1) is 11.3 Å². The Hall–Kier alpha value is -2.40. The summed E-state index contributed by atoms with van der Waals surface area (Å²) in [6.07, 6.45) is 0. The number of carbonyl (C=O) groups excluding carboxylic acids is 1. The van der Waals surface area contributed by atoms with Crippen LogP contribution in [0.25, 0.3) is 10.1 Å². The fourth-order valence-electron chi connectivity index (χ4n) is 1.93. The van der Waals surface area contributed by atoms with Gasteiger partial charge in [-0.05, 0) is 35.7 Å². The molecule has 2 aromatic carbocycles. The van der Waals surface area contributed by atoms with Crippen molar-refractivity contribution in [2.24, 2.45) is 0 Å². The zero-order valence-corrected chi connectivity index (χ0v) is 11.2. The number of nitrogen functional groups attached to an aromatic ring is 1. The molecule has 3 rings (SSSR count). The van der Waals surface area contributed by atoms with Crippen LogP contribution in [0, 0.1) is 5.82 Å². The molecule has 3 nitrogen and oxygen atoms in total. The minimum atomic E-state index is -0.428. The lowest BCUT2D eigenvalue weighted by atomic mass is 10.2. The van der Waals surface area contributed by atoms with Crippen molar-refractivity contribution in [1.29, 1.82) is 0 Å². The summed E-state index contributed by atoms with van der Waals surface area (Å²) in [6.45, 7) is 0. The molecule has 0 spiro atoms. The molecule has 0 aliphatic carbocycles. The Morgan fingerprint density at radius 2 is 1.95 bits per heavy atom. The Morgan fingerprint density at radius 3 is 2.70 bits per heavy atom. The molecule has 3 aromatic rings. The van der Waals surface area contributed by atoms with Gasteiger partial charge in [0.2, 0.25) is 0 Å². The van der Waals surface area contributed by atoms with Crippen molar-refractivity contribution in [3.8, 4) is 0 Å². The number of thiophene rings is 1. The Labute approximate surface area is 118 Å². The van der Waals surface area contributed by atoms with E-state index in [9.17, 15) is 9.18 Å². The van der Waals surface area contributed by atoms with E-state index in [0.717, 1.165) is 10.1 Å². The molecule has 0 bridgehead atoms. The monoisotopic (exact) mass is 286 g/mol. The largest absolute Gasteiger partial charge is 0.397 e. The first-order valence-corrected chi connectivity index (χ1v) is 6.80. The molecule has 0 unspecified atom stereocenters. The van der Waals surface area contributed by atoms with E-state index in [1.54, 1.807) is 0 Å². The molecular weight excluding hydrogens is 275 g/mol. The molecule has 0 aliphatic heterocycles. The summed E-state index contributed by atoms with van der Waals surface area (Å²) in [6, 6.07) is 13.5. The predicted molar refractivity (Wildman–Crippen MR) is 80.6 cm³/mol. The van der Waals surface area contributed by atoms with Crippen molar-refractivity contribution < 1.29 is 9.18 Å².